The van der Waals surface area contributed by atoms with Crippen molar-refractivity contribution < 1.29 is 22.7 Å². The lowest BCUT2D eigenvalue weighted by Gasteiger charge is -2.35. The second-order valence-corrected chi connectivity index (χ2v) is 8.37. The van der Waals surface area contributed by atoms with E-state index in [0.717, 1.165) is 12.8 Å². The van der Waals surface area contributed by atoms with E-state index in [1.54, 1.807) is 4.90 Å². The quantitative estimate of drug-likeness (QED) is 0.797. The molecule has 1 aromatic rings. The van der Waals surface area contributed by atoms with Gasteiger partial charge in [-0.25, -0.2) is 13.6 Å². The zero-order valence-corrected chi connectivity index (χ0v) is 15.4. The molecule has 0 aliphatic carbocycles. The first-order valence-corrected chi connectivity index (χ1v) is 10.0. The molecule has 1 amide bonds. The van der Waals surface area contributed by atoms with Gasteiger partial charge in [-0.3, -0.25) is 4.79 Å². The lowest BCUT2D eigenvalue weighted by molar-refractivity contribution is -0.0969. The molecule has 0 radical (unpaired) electrons. The van der Waals surface area contributed by atoms with Crippen molar-refractivity contribution >= 4 is 31.9 Å². The molecule has 2 saturated heterocycles. The Hall–Kier alpha value is -1.00. The van der Waals surface area contributed by atoms with Gasteiger partial charge in [0.25, 0.3) is 5.91 Å². The van der Waals surface area contributed by atoms with Crippen LogP contribution in [0.25, 0.3) is 0 Å². The summed E-state index contributed by atoms with van der Waals surface area (Å²) < 4.78 is 34.7. The van der Waals surface area contributed by atoms with Crippen molar-refractivity contribution in [2.75, 3.05) is 26.3 Å². The molecule has 2 aliphatic heterocycles. The molecule has 0 aromatic heterocycles. The van der Waals surface area contributed by atoms with Crippen LogP contribution in [0.2, 0.25) is 0 Å². The Bertz CT molecular complexity index is 733. The number of carbonyl (C=O) groups excluding carboxylic acids is 1. The lowest BCUT2D eigenvalue weighted by Crippen LogP contribution is -2.44. The Labute approximate surface area is 149 Å². The number of benzene rings is 1. The Morgan fingerprint density at radius 2 is 2.00 bits per heavy atom. The number of piperidine rings is 1. The Balaban J connectivity index is 1.80. The summed E-state index contributed by atoms with van der Waals surface area (Å²) in [5.41, 5.74) is 0.287. The fraction of sp³-hybridized carbons (Fsp3) is 0.533. The number of carbonyl (C=O) groups is 1. The monoisotopic (exact) mass is 418 g/mol. The third kappa shape index (κ3) is 3.80. The number of ether oxygens (including phenoxy) is 2. The van der Waals surface area contributed by atoms with Gasteiger partial charge < -0.3 is 14.4 Å². The number of halogens is 1. The third-order valence-corrected chi connectivity index (χ3v) is 5.88. The summed E-state index contributed by atoms with van der Waals surface area (Å²) in [6.45, 7) is 2.30. The molecule has 1 aromatic carbocycles. The van der Waals surface area contributed by atoms with Crippen molar-refractivity contribution in [3.63, 3.8) is 0 Å². The first-order chi connectivity index (χ1) is 11.4. The summed E-state index contributed by atoms with van der Waals surface area (Å²) in [5.74, 6) is -0.0968. The molecule has 0 saturated carbocycles. The molecular formula is C15H19BrN2O5S. The van der Waals surface area contributed by atoms with Gasteiger partial charge in [-0.15, -0.1) is 0 Å². The first-order valence-electron chi connectivity index (χ1n) is 7.71. The van der Waals surface area contributed by atoms with Crippen molar-refractivity contribution in [1.82, 2.24) is 4.90 Å². The van der Waals surface area contributed by atoms with Crippen LogP contribution in [0.4, 0.5) is 0 Å². The molecule has 2 aliphatic rings. The predicted octanol–water partition coefficient (Wildman–Crippen LogP) is 1.32. The zero-order valence-electron chi connectivity index (χ0n) is 13.0. The highest BCUT2D eigenvalue weighted by atomic mass is 79.9. The number of primary sulfonamides is 1. The van der Waals surface area contributed by atoms with Gasteiger partial charge in [0.05, 0.1) is 23.7 Å². The fourth-order valence-electron chi connectivity index (χ4n) is 3.08. The second-order valence-electron chi connectivity index (χ2n) is 5.95. The molecule has 0 spiro atoms. The summed E-state index contributed by atoms with van der Waals surface area (Å²) in [4.78, 5) is 14.5. The molecule has 7 nitrogen and oxygen atoms in total. The summed E-state index contributed by atoms with van der Waals surface area (Å²) in [6, 6.07) is 4.21. The minimum Gasteiger partial charge on any atom is -0.350 e. The number of nitrogens with zero attached hydrogens (tertiary/aromatic N) is 1. The normalized spacial score (nSPS) is 22.8. The van der Waals surface area contributed by atoms with E-state index >= 15 is 0 Å². The summed E-state index contributed by atoms with van der Waals surface area (Å²) in [5, 5.41) is 5.16. The Morgan fingerprint density at radius 3 is 2.67 bits per heavy atom. The fourth-order valence-corrected chi connectivity index (χ4v) is 4.04. The van der Waals surface area contributed by atoms with E-state index < -0.39 is 10.0 Å². The summed E-state index contributed by atoms with van der Waals surface area (Å²) in [7, 11) is -3.86. The van der Waals surface area contributed by atoms with E-state index in [4.69, 9.17) is 14.6 Å². The smallest absolute Gasteiger partial charge is 0.255 e. The van der Waals surface area contributed by atoms with Gasteiger partial charge in [-0.1, -0.05) is 0 Å². The average Bonchev–Trinajstić information content (AvgIpc) is 3.08. The SMILES string of the molecule is NS(=O)(=O)c1ccc(Br)c(C(=O)N2CCCC(C3OCCO3)C2)c1. The molecule has 24 heavy (non-hydrogen) atoms. The van der Waals surface area contributed by atoms with Crippen LogP contribution < -0.4 is 5.14 Å². The van der Waals surface area contributed by atoms with E-state index in [-0.39, 0.29) is 28.6 Å². The van der Waals surface area contributed by atoms with Crippen molar-refractivity contribution in [1.29, 1.82) is 0 Å². The molecule has 1 atom stereocenters. The van der Waals surface area contributed by atoms with Crippen molar-refractivity contribution in [3.8, 4) is 0 Å². The van der Waals surface area contributed by atoms with Crippen molar-refractivity contribution in [3.05, 3.63) is 28.2 Å². The number of hydrogen-bond donors (Lipinski definition) is 1. The maximum absolute atomic E-state index is 12.8. The number of hydrogen-bond acceptors (Lipinski definition) is 5. The molecule has 2 N–H and O–H groups in total. The standard InChI is InChI=1S/C15H19BrN2O5S/c16-13-4-3-11(24(17,20)21)8-12(13)14(19)18-5-1-2-10(9-18)15-22-6-7-23-15/h3-4,8,10,15H,1-2,5-7,9H2,(H2,17,20,21). The average molecular weight is 419 g/mol. The van der Waals surface area contributed by atoms with Crippen molar-refractivity contribution in [2.24, 2.45) is 11.1 Å². The molecular weight excluding hydrogens is 400 g/mol. The van der Waals surface area contributed by atoms with Crippen LogP contribution in [0.5, 0.6) is 0 Å². The van der Waals surface area contributed by atoms with Gasteiger partial charge in [-0.05, 0) is 47.0 Å². The van der Waals surface area contributed by atoms with Crippen LogP contribution in [0.1, 0.15) is 23.2 Å². The highest BCUT2D eigenvalue weighted by molar-refractivity contribution is 9.10. The summed E-state index contributed by atoms with van der Waals surface area (Å²) in [6.07, 6.45) is 1.53. The van der Waals surface area contributed by atoms with E-state index in [2.05, 4.69) is 15.9 Å². The van der Waals surface area contributed by atoms with E-state index in [0.29, 0.717) is 30.8 Å². The number of sulfonamides is 1. The predicted molar refractivity (Wildman–Crippen MR) is 89.8 cm³/mol. The van der Waals surface area contributed by atoms with Crippen LogP contribution in [-0.4, -0.2) is 51.8 Å². The van der Waals surface area contributed by atoms with Crippen LogP contribution in [0, 0.1) is 5.92 Å². The largest absolute Gasteiger partial charge is 0.350 e. The van der Waals surface area contributed by atoms with Gasteiger partial charge in [0.15, 0.2) is 6.29 Å². The van der Waals surface area contributed by atoms with Crippen LogP contribution >= 0.6 is 15.9 Å². The third-order valence-electron chi connectivity index (χ3n) is 4.27. The number of likely N-dealkylation sites (tertiary alicyclic amines) is 1. The number of nitrogens with two attached hydrogens (primary N) is 1. The van der Waals surface area contributed by atoms with Crippen LogP contribution in [-0.2, 0) is 19.5 Å². The van der Waals surface area contributed by atoms with Crippen LogP contribution in [0.15, 0.2) is 27.6 Å². The van der Waals surface area contributed by atoms with Gasteiger partial charge in [0.2, 0.25) is 10.0 Å². The van der Waals surface area contributed by atoms with Gasteiger partial charge in [-0.2, -0.15) is 0 Å². The minimum absolute atomic E-state index is 0.0786. The minimum atomic E-state index is -3.86. The van der Waals surface area contributed by atoms with E-state index in [1.165, 1.54) is 18.2 Å². The Morgan fingerprint density at radius 1 is 1.29 bits per heavy atom. The molecule has 2 fully saturated rings. The Kier molecular flexibility index (Phi) is 5.26. The molecule has 132 valence electrons. The highest BCUT2D eigenvalue weighted by Crippen LogP contribution is 2.28. The maximum atomic E-state index is 12.8. The topological polar surface area (TPSA) is 98.9 Å². The van der Waals surface area contributed by atoms with Gasteiger partial charge in [0.1, 0.15) is 0 Å². The van der Waals surface area contributed by atoms with Gasteiger partial charge >= 0.3 is 0 Å². The van der Waals surface area contributed by atoms with Gasteiger partial charge in [0, 0.05) is 23.5 Å². The molecule has 9 heteroatoms. The number of rotatable bonds is 3. The molecule has 2 heterocycles. The molecule has 0 bridgehead atoms. The molecule has 1 unspecified atom stereocenters. The van der Waals surface area contributed by atoms with Crippen molar-refractivity contribution in [2.45, 2.75) is 24.0 Å². The maximum Gasteiger partial charge on any atom is 0.255 e. The highest BCUT2D eigenvalue weighted by Gasteiger charge is 2.33. The second kappa shape index (κ2) is 7.09. The summed E-state index contributed by atoms with van der Waals surface area (Å²) >= 11 is 3.31. The zero-order chi connectivity index (χ0) is 17.3. The first kappa shape index (κ1) is 17.8. The van der Waals surface area contributed by atoms with Crippen LogP contribution in [0.3, 0.4) is 0 Å². The number of amides is 1. The van der Waals surface area contributed by atoms with E-state index in [1.807, 2.05) is 0 Å². The lowest BCUT2D eigenvalue weighted by atomic mass is 9.96. The van der Waals surface area contributed by atoms with E-state index in [9.17, 15) is 13.2 Å². The molecule has 3 rings (SSSR count).